The van der Waals surface area contributed by atoms with Crippen LogP contribution in [0, 0.1) is 24.2 Å². The van der Waals surface area contributed by atoms with E-state index in [4.69, 9.17) is 0 Å². The summed E-state index contributed by atoms with van der Waals surface area (Å²) in [6.07, 6.45) is 5.34. The predicted octanol–water partition coefficient (Wildman–Crippen LogP) is 5.23. The van der Waals surface area contributed by atoms with Gasteiger partial charge in [0, 0.05) is 5.54 Å². The van der Waals surface area contributed by atoms with Gasteiger partial charge in [0.1, 0.15) is 5.69 Å². The summed E-state index contributed by atoms with van der Waals surface area (Å²) >= 11 is 0. The first-order valence-corrected chi connectivity index (χ1v) is 14.2. The number of hydrogen-bond donors (Lipinski definition) is 1. The SMILES string of the molecule is Cc1nc(C(F)(F)F)ccc1C(=O)NC1([C@]2(CC3CC3)CC[C@H](S(=O)(=O)CC3CC3)CC2)CC1. The van der Waals surface area contributed by atoms with Crippen molar-refractivity contribution in [1.29, 1.82) is 0 Å². The molecule has 0 spiro atoms. The van der Waals surface area contributed by atoms with Crippen molar-refractivity contribution in [3.63, 3.8) is 0 Å². The van der Waals surface area contributed by atoms with Crippen molar-refractivity contribution < 1.29 is 26.4 Å². The molecule has 188 valence electrons. The van der Waals surface area contributed by atoms with Crippen LogP contribution in [0.2, 0.25) is 0 Å². The van der Waals surface area contributed by atoms with E-state index in [2.05, 4.69) is 10.3 Å². The molecule has 0 bridgehead atoms. The number of hydrogen-bond acceptors (Lipinski definition) is 4. The van der Waals surface area contributed by atoms with Gasteiger partial charge in [-0.2, -0.15) is 13.2 Å². The number of aromatic nitrogens is 1. The van der Waals surface area contributed by atoms with E-state index in [1.165, 1.54) is 25.8 Å². The highest BCUT2D eigenvalue weighted by molar-refractivity contribution is 7.92. The molecular formula is C25H33F3N2O3S. The molecule has 0 saturated heterocycles. The molecule has 1 aromatic rings. The maximum Gasteiger partial charge on any atom is 0.433 e. The first kappa shape index (κ1) is 24.1. The molecule has 5 rings (SSSR count). The second-order valence-electron chi connectivity index (χ2n) is 11.3. The second-order valence-corrected chi connectivity index (χ2v) is 13.6. The quantitative estimate of drug-likeness (QED) is 0.533. The molecule has 1 heterocycles. The highest BCUT2D eigenvalue weighted by Crippen LogP contribution is 2.62. The van der Waals surface area contributed by atoms with E-state index in [0.29, 0.717) is 30.4 Å². The van der Waals surface area contributed by atoms with Crippen molar-refractivity contribution in [3.05, 3.63) is 29.1 Å². The van der Waals surface area contributed by atoms with E-state index in [9.17, 15) is 26.4 Å². The number of halogens is 3. The predicted molar refractivity (Wildman–Crippen MR) is 122 cm³/mol. The third kappa shape index (κ3) is 4.73. The van der Waals surface area contributed by atoms with Gasteiger partial charge in [0.2, 0.25) is 0 Å². The fourth-order valence-corrected chi connectivity index (χ4v) is 8.38. The van der Waals surface area contributed by atoms with Crippen LogP contribution in [0.1, 0.15) is 92.4 Å². The highest BCUT2D eigenvalue weighted by Gasteiger charge is 2.62. The molecule has 1 aromatic heterocycles. The van der Waals surface area contributed by atoms with E-state index < -0.39 is 27.2 Å². The molecule has 4 saturated carbocycles. The zero-order chi connectivity index (χ0) is 24.4. The number of carbonyl (C=O) groups excluding carboxylic acids is 1. The molecular weight excluding hydrogens is 465 g/mol. The van der Waals surface area contributed by atoms with Gasteiger partial charge in [0.05, 0.1) is 22.3 Å². The van der Waals surface area contributed by atoms with Crippen molar-refractivity contribution in [3.8, 4) is 0 Å². The topological polar surface area (TPSA) is 76.1 Å². The Kier molecular flexibility index (Phi) is 5.81. The van der Waals surface area contributed by atoms with Crippen molar-refractivity contribution in [2.75, 3.05) is 5.75 Å². The Morgan fingerprint density at radius 3 is 2.15 bits per heavy atom. The zero-order valence-corrected chi connectivity index (χ0v) is 20.4. The van der Waals surface area contributed by atoms with Gasteiger partial charge in [-0.3, -0.25) is 4.79 Å². The minimum Gasteiger partial charge on any atom is -0.346 e. The zero-order valence-electron chi connectivity index (χ0n) is 19.6. The van der Waals surface area contributed by atoms with Gasteiger partial charge in [-0.1, -0.05) is 12.8 Å². The molecule has 0 atom stereocenters. The summed E-state index contributed by atoms with van der Waals surface area (Å²) < 4.78 is 64.7. The van der Waals surface area contributed by atoms with E-state index in [1.54, 1.807) is 0 Å². The Morgan fingerprint density at radius 2 is 1.65 bits per heavy atom. The molecule has 0 unspecified atom stereocenters. The van der Waals surface area contributed by atoms with E-state index in [0.717, 1.165) is 51.0 Å². The number of aryl methyl sites for hydroxylation is 1. The lowest BCUT2D eigenvalue weighted by Crippen LogP contribution is -2.53. The first-order chi connectivity index (χ1) is 15.9. The number of nitrogens with zero attached hydrogens (tertiary/aromatic N) is 1. The third-order valence-electron chi connectivity index (χ3n) is 8.68. The second kappa shape index (κ2) is 8.20. The van der Waals surface area contributed by atoms with Crippen LogP contribution in [-0.2, 0) is 16.0 Å². The lowest BCUT2D eigenvalue weighted by Gasteiger charge is -2.47. The molecule has 4 aliphatic carbocycles. The Labute approximate surface area is 199 Å². The summed E-state index contributed by atoms with van der Waals surface area (Å²) in [4.78, 5) is 16.8. The standard InChI is InChI=1S/C25H33F3N2O3S/c1-16-20(6-7-21(29-16)25(26,27)28)22(31)30-24(12-13-24)23(14-17-2-3-17)10-8-19(9-11-23)34(32,33)15-18-4-5-18/h6-7,17-19H,2-5,8-15H2,1H3,(H,30,31)/t19-,23+. The summed E-state index contributed by atoms with van der Waals surface area (Å²) in [5.41, 5.74) is -1.30. The van der Waals surface area contributed by atoms with E-state index >= 15 is 0 Å². The summed E-state index contributed by atoms with van der Waals surface area (Å²) in [6, 6.07) is 2.07. The first-order valence-electron chi connectivity index (χ1n) is 12.5. The van der Waals surface area contributed by atoms with Crippen molar-refractivity contribution in [1.82, 2.24) is 10.3 Å². The molecule has 9 heteroatoms. The summed E-state index contributed by atoms with van der Waals surface area (Å²) in [6.45, 7) is 1.43. The fourth-order valence-electron chi connectivity index (χ4n) is 6.16. The molecule has 1 N–H and O–H groups in total. The van der Waals surface area contributed by atoms with Crippen LogP contribution >= 0.6 is 0 Å². The molecule has 5 nitrogen and oxygen atoms in total. The van der Waals surface area contributed by atoms with Gasteiger partial charge in [-0.05, 0) is 94.1 Å². The number of carbonyl (C=O) groups is 1. The number of alkyl halides is 3. The Bertz CT molecular complexity index is 1070. The van der Waals surface area contributed by atoms with E-state index in [1.807, 2.05) is 0 Å². The van der Waals surface area contributed by atoms with Crippen LogP contribution in [0.4, 0.5) is 13.2 Å². The van der Waals surface area contributed by atoms with Crippen LogP contribution in [0.5, 0.6) is 0 Å². The van der Waals surface area contributed by atoms with Crippen molar-refractivity contribution in [2.45, 2.75) is 94.5 Å². The molecule has 34 heavy (non-hydrogen) atoms. The minimum absolute atomic E-state index is 0.0641. The lowest BCUT2D eigenvalue weighted by atomic mass is 9.64. The highest BCUT2D eigenvalue weighted by atomic mass is 32.2. The monoisotopic (exact) mass is 498 g/mol. The molecule has 0 aromatic carbocycles. The van der Waals surface area contributed by atoms with Crippen LogP contribution in [0.25, 0.3) is 0 Å². The van der Waals surface area contributed by atoms with Crippen LogP contribution in [0.15, 0.2) is 12.1 Å². The van der Waals surface area contributed by atoms with E-state index in [-0.39, 0.29) is 27.8 Å². The van der Waals surface area contributed by atoms with Crippen LogP contribution in [0.3, 0.4) is 0 Å². The average Bonchev–Trinajstić information content (AvgIpc) is 3.59. The summed E-state index contributed by atoms with van der Waals surface area (Å²) in [5, 5.41) is 2.93. The largest absolute Gasteiger partial charge is 0.433 e. The maximum absolute atomic E-state index is 13.2. The van der Waals surface area contributed by atoms with Crippen molar-refractivity contribution in [2.24, 2.45) is 17.3 Å². The fraction of sp³-hybridized carbons (Fsp3) is 0.760. The third-order valence-corrected chi connectivity index (χ3v) is 11.1. The van der Waals surface area contributed by atoms with Crippen LogP contribution < -0.4 is 5.32 Å². The molecule has 4 aliphatic rings. The summed E-state index contributed by atoms with van der Waals surface area (Å²) in [5.74, 6) is 0.908. The number of nitrogens with one attached hydrogen (secondary N) is 1. The van der Waals surface area contributed by atoms with Crippen LogP contribution in [-0.4, -0.2) is 35.9 Å². The summed E-state index contributed by atoms with van der Waals surface area (Å²) in [7, 11) is -3.08. The smallest absolute Gasteiger partial charge is 0.346 e. The lowest BCUT2D eigenvalue weighted by molar-refractivity contribution is -0.141. The van der Waals surface area contributed by atoms with Gasteiger partial charge < -0.3 is 5.32 Å². The number of sulfone groups is 1. The van der Waals surface area contributed by atoms with Crippen molar-refractivity contribution >= 4 is 15.7 Å². The van der Waals surface area contributed by atoms with Gasteiger partial charge in [0.15, 0.2) is 9.84 Å². The Hall–Kier alpha value is -1.64. The Balaban J connectivity index is 1.32. The molecule has 4 fully saturated rings. The minimum atomic E-state index is -4.55. The van der Waals surface area contributed by atoms with Gasteiger partial charge in [-0.25, -0.2) is 13.4 Å². The number of pyridine rings is 1. The molecule has 0 radical (unpaired) electrons. The van der Waals surface area contributed by atoms with Gasteiger partial charge in [-0.15, -0.1) is 0 Å². The van der Waals surface area contributed by atoms with Gasteiger partial charge in [0.25, 0.3) is 5.91 Å². The normalized spacial score (nSPS) is 29.0. The Morgan fingerprint density at radius 1 is 1.03 bits per heavy atom. The average molecular weight is 499 g/mol. The molecule has 0 aliphatic heterocycles. The molecule has 1 amide bonds. The number of rotatable bonds is 8. The number of amides is 1. The maximum atomic E-state index is 13.2. The van der Waals surface area contributed by atoms with Gasteiger partial charge >= 0.3 is 6.18 Å².